The molecule has 0 aliphatic carbocycles. The van der Waals surface area contributed by atoms with E-state index in [0.29, 0.717) is 11.9 Å². The Morgan fingerprint density at radius 1 is 1.33 bits per heavy atom. The second-order valence-corrected chi connectivity index (χ2v) is 5.38. The van der Waals surface area contributed by atoms with Crippen molar-refractivity contribution in [2.24, 2.45) is 0 Å². The van der Waals surface area contributed by atoms with Crippen molar-refractivity contribution in [3.8, 4) is 0 Å². The predicted octanol–water partition coefficient (Wildman–Crippen LogP) is 3.09. The van der Waals surface area contributed by atoms with Gasteiger partial charge in [0.05, 0.1) is 0 Å². The molecule has 0 radical (unpaired) electrons. The highest BCUT2D eigenvalue weighted by Crippen LogP contribution is 2.23. The van der Waals surface area contributed by atoms with E-state index in [1.54, 1.807) is 6.07 Å². The highest BCUT2D eigenvalue weighted by atomic mass is 35.5. The van der Waals surface area contributed by atoms with Crippen molar-refractivity contribution in [1.29, 1.82) is 0 Å². The molecule has 0 N–H and O–H groups in total. The third-order valence-corrected chi connectivity index (χ3v) is 3.78. The van der Waals surface area contributed by atoms with Crippen molar-refractivity contribution in [3.63, 3.8) is 0 Å². The standard InChI is InChI=1S/C14H20ClFN2/c1-11-10-17(2)4-3-5-18(11)14-7-12(9-15)6-13(16)8-14/h6-8,11H,3-5,9-10H2,1-2H3. The van der Waals surface area contributed by atoms with Crippen LogP contribution < -0.4 is 4.90 Å². The molecule has 1 aliphatic heterocycles. The van der Waals surface area contributed by atoms with Crippen molar-refractivity contribution in [1.82, 2.24) is 4.90 Å². The van der Waals surface area contributed by atoms with Crippen molar-refractivity contribution in [2.75, 3.05) is 31.6 Å². The summed E-state index contributed by atoms with van der Waals surface area (Å²) in [4.78, 5) is 4.61. The largest absolute Gasteiger partial charge is 0.367 e. The topological polar surface area (TPSA) is 6.48 Å². The lowest BCUT2D eigenvalue weighted by molar-refractivity contribution is 0.337. The minimum atomic E-state index is -0.201. The molecule has 1 atom stereocenters. The van der Waals surface area contributed by atoms with Crippen molar-refractivity contribution >= 4 is 17.3 Å². The van der Waals surface area contributed by atoms with Gasteiger partial charge in [0.2, 0.25) is 0 Å². The summed E-state index contributed by atoms with van der Waals surface area (Å²) in [6.07, 6.45) is 1.10. The Balaban J connectivity index is 2.26. The molecule has 0 aromatic heterocycles. The summed E-state index contributed by atoms with van der Waals surface area (Å²) in [6, 6.07) is 5.50. The normalized spacial score (nSPS) is 22.0. The number of hydrogen-bond acceptors (Lipinski definition) is 2. The quantitative estimate of drug-likeness (QED) is 0.762. The van der Waals surface area contributed by atoms with Gasteiger partial charge < -0.3 is 9.80 Å². The molecule has 18 heavy (non-hydrogen) atoms. The maximum Gasteiger partial charge on any atom is 0.125 e. The van der Waals surface area contributed by atoms with Crippen molar-refractivity contribution < 1.29 is 4.39 Å². The number of benzene rings is 1. The number of likely N-dealkylation sites (N-methyl/N-ethyl adjacent to an activating group) is 1. The Kier molecular flexibility index (Phi) is 4.46. The predicted molar refractivity (Wildman–Crippen MR) is 74.9 cm³/mol. The molecular weight excluding hydrogens is 251 g/mol. The molecule has 0 saturated carbocycles. The highest BCUT2D eigenvalue weighted by Gasteiger charge is 2.20. The van der Waals surface area contributed by atoms with E-state index in [2.05, 4.69) is 23.8 Å². The Morgan fingerprint density at radius 3 is 2.83 bits per heavy atom. The molecule has 1 unspecified atom stereocenters. The monoisotopic (exact) mass is 270 g/mol. The summed E-state index contributed by atoms with van der Waals surface area (Å²) in [5, 5.41) is 0. The van der Waals surface area contributed by atoms with Gasteiger partial charge in [0.1, 0.15) is 5.82 Å². The summed E-state index contributed by atoms with van der Waals surface area (Å²) in [5.41, 5.74) is 1.80. The molecule has 1 aromatic rings. The molecule has 0 spiro atoms. The molecule has 0 bridgehead atoms. The van der Waals surface area contributed by atoms with Crippen LogP contribution in [-0.4, -0.2) is 37.6 Å². The Morgan fingerprint density at radius 2 is 2.11 bits per heavy atom. The molecule has 2 rings (SSSR count). The summed E-state index contributed by atoms with van der Waals surface area (Å²) in [6.45, 7) is 5.26. The molecule has 1 aromatic carbocycles. The lowest BCUT2D eigenvalue weighted by Crippen LogP contribution is -2.38. The fraction of sp³-hybridized carbons (Fsp3) is 0.571. The first-order valence-corrected chi connectivity index (χ1v) is 6.94. The molecule has 4 heteroatoms. The minimum absolute atomic E-state index is 0.201. The van der Waals surface area contributed by atoms with Crippen LogP contribution >= 0.6 is 11.6 Å². The molecule has 1 saturated heterocycles. The van der Waals surface area contributed by atoms with Gasteiger partial charge in [-0.15, -0.1) is 11.6 Å². The van der Waals surface area contributed by atoms with Crippen LogP contribution in [0.3, 0.4) is 0 Å². The summed E-state index contributed by atoms with van der Waals surface area (Å²) >= 11 is 5.81. The van der Waals surface area contributed by atoms with Gasteiger partial charge in [-0.25, -0.2) is 4.39 Å². The molecular formula is C14H20ClFN2. The van der Waals surface area contributed by atoms with E-state index in [-0.39, 0.29) is 5.82 Å². The average molecular weight is 271 g/mol. The smallest absolute Gasteiger partial charge is 0.125 e. The third-order valence-electron chi connectivity index (χ3n) is 3.48. The van der Waals surface area contributed by atoms with Crippen LogP contribution in [0.25, 0.3) is 0 Å². The summed E-state index contributed by atoms with van der Waals surface area (Å²) < 4.78 is 13.6. The molecule has 0 amide bonds. The number of nitrogens with zero attached hydrogens (tertiary/aromatic N) is 2. The zero-order valence-corrected chi connectivity index (χ0v) is 11.8. The lowest BCUT2D eigenvalue weighted by atomic mass is 10.1. The van der Waals surface area contributed by atoms with Gasteiger partial charge >= 0.3 is 0 Å². The van der Waals surface area contributed by atoms with Crippen LogP contribution in [0, 0.1) is 5.82 Å². The zero-order chi connectivity index (χ0) is 13.1. The van der Waals surface area contributed by atoms with Crippen LogP contribution in [0.1, 0.15) is 18.9 Å². The number of rotatable bonds is 2. The van der Waals surface area contributed by atoms with Crippen LogP contribution in [-0.2, 0) is 5.88 Å². The fourth-order valence-electron chi connectivity index (χ4n) is 2.63. The number of halogens is 2. The van der Waals surface area contributed by atoms with Crippen LogP contribution in [0.15, 0.2) is 18.2 Å². The first-order chi connectivity index (χ1) is 8.60. The van der Waals surface area contributed by atoms with E-state index in [9.17, 15) is 4.39 Å². The van der Waals surface area contributed by atoms with Crippen LogP contribution in [0.5, 0.6) is 0 Å². The SMILES string of the molecule is CC1CN(C)CCCN1c1cc(F)cc(CCl)c1. The summed E-state index contributed by atoms with van der Waals surface area (Å²) in [7, 11) is 2.13. The minimum Gasteiger partial charge on any atom is -0.367 e. The maximum absolute atomic E-state index is 13.6. The number of alkyl halides is 1. The van der Waals surface area contributed by atoms with E-state index in [4.69, 9.17) is 11.6 Å². The molecule has 1 heterocycles. The second-order valence-electron chi connectivity index (χ2n) is 5.11. The first-order valence-electron chi connectivity index (χ1n) is 6.41. The van der Waals surface area contributed by atoms with Gasteiger partial charge in [-0.05, 0) is 50.7 Å². The zero-order valence-electron chi connectivity index (χ0n) is 11.0. The van der Waals surface area contributed by atoms with E-state index < -0.39 is 0 Å². The third kappa shape index (κ3) is 3.15. The maximum atomic E-state index is 13.6. The number of hydrogen-bond donors (Lipinski definition) is 0. The van der Waals surface area contributed by atoms with Crippen molar-refractivity contribution in [2.45, 2.75) is 25.3 Å². The fourth-order valence-corrected chi connectivity index (χ4v) is 2.79. The number of anilines is 1. The first kappa shape index (κ1) is 13.6. The Hall–Kier alpha value is -0.800. The van der Waals surface area contributed by atoms with Crippen LogP contribution in [0.2, 0.25) is 0 Å². The van der Waals surface area contributed by atoms with Crippen LogP contribution in [0.4, 0.5) is 10.1 Å². The van der Waals surface area contributed by atoms with E-state index >= 15 is 0 Å². The van der Waals surface area contributed by atoms with E-state index in [0.717, 1.165) is 37.3 Å². The highest BCUT2D eigenvalue weighted by molar-refractivity contribution is 6.17. The molecule has 100 valence electrons. The van der Waals surface area contributed by atoms with E-state index in [1.165, 1.54) is 6.07 Å². The van der Waals surface area contributed by atoms with Gasteiger partial charge in [-0.1, -0.05) is 0 Å². The van der Waals surface area contributed by atoms with E-state index in [1.807, 2.05) is 6.07 Å². The van der Waals surface area contributed by atoms with Gasteiger partial charge in [0, 0.05) is 30.7 Å². The lowest BCUT2D eigenvalue weighted by Gasteiger charge is -2.30. The van der Waals surface area contributed by atoms with Gasteiger partial charge in [0.25, 0.3) is 0 Å². The van der Waals surface area contributed by atoms with Gasteiger partial charge in [0.15, 0.2) is 0 Å². The average Bonchev–Trinajstić information content (AvgIpc) is 2.49. The van der Waals surface area contributed by atoms with Crippen molar-refractivity contribution in [3.05, 3.63) is 29.6 Å². The second kappa shape index (κ2) is 5.89. The molecule has 1 fully saturated rings. The summed E-state index contributed by atoms with van der Waals surface area (Å²) in [5.74, 6) is 0.153. The van der Waals surface area contributed by atoms with Gasteiger partial charge in [-0.2, -0.15) is 0 Å². The van der Waals surface area contributed by atoms with Gasteiger partial charge in [-0.3, -0.25) is 0 Å². The molecule has 2 nitrogen and oxygen atoms in total. The molecule has 1 aliphatic rings. The Labute approximate surface area is 113 Å². The Bertz CT molecular complexity index is 411.